The SMILES string of the molecule is O=C(C1CCOCC1)N1CCC[C@H](Cc2ccn[nH]2)C1. The van der Waals surface area contributed by atoms with Gasteiger partial charge in [-0.1, -0.05) is 0 Å². The molecule has 3 heterocycles. The van der Waals surface area contributed by atoms with Gasteiger partial charge in [0.15, 0.2) is 0 Å². The number of piperidine rings is 1. The monoisotopic (exact) mass is 277 g/mol. The molecule has 0 aliphatic carbocycles. The quantitative estimate of drug-likeness (QED) is 0.913. The molecule has 0 aromatic carbocycles. The summed E-state index contributed by atoms with van der Waals surface area (Å²) < 4.78 is 5.35. The van der Waals surface area contributed by atoms with Crippen LogP contribution in [0.2, 0.25) is 0 Å². The maximum Gasteiger partial charge on any atom is 0.225 e. The van der Waals surface area contributed by atoms with Gasteiger partial charge in [-0.05, 0) is 44.1 Å². The lowest BCUT2D eigenvalue weighted by molar-refractivity contribution is -0.140. The fourth-order valence-corrected chi connectivity index (χ4v) is 3.34. The van der Waals surface area contributed by atoms with Crippen molar-refractivity contribution in [2.45, 2.75) is 32.1 Å². The number of carbonyl (C=O) groups is 1. The Balaban J connectivity index is 1.55. The number of rotatable bonds is 3. The summed E-state index contributed by atoms with van der Waals surface area (Å²) in [6, 6.07) is 2.03. The zero-order chi connectivity index (χ0) is 13.8. The van der Waals surface area contributed by atoms with Gasteiger partial charge in [0.1, 0.15) is 0 Å². The van der Waals surface area contributed by atoms with E-state index in [2.05, 4.69) is 15.1 Å². The Bertz CT molecular complexity index is 426. The largest absolute Gasteiger partial charge is 0.381 e. The first-order valence-corrected chi connectivity index (χ1v) is 7.67. The van der Waals surface area contributed by atoms with Crippen LogP contribution in [0.15, 0.2) is 12.3 Å². The number of hydrogen-bond acceptors (Lipinski definition) is 3. The van der Waals surface area contributed by atoms with E-state index in [1.807, 2.05) is 6.07 Å². The summed E-state index contributed by atoms with van der Waals surface area (Å²) in [5.74, 6) is 1.10. The predicted octanol–water partition coefficient (Wildman–Crippen LogP) is 1.62. The van der Waals surface area contributed by atoms with E-state index in [1.165, 1.54) is 12.1 Å². The molecule has 3 rings (SSSR count). The first-order valence-electron chi connectivity index (χ1n) is 7.67. The van der Waals surface area contributed by atoms with Gasteiger partial charge in [0, 0.05) is 44.1 Å². The molecule has 1 atom stereocenters. The van der Waals surface area contributed by atoms with E-state index >= 15 is 0 Å². The van der Waals surface area contributed by atoms with Gasteiger partial charge >= 0.3 is 0 Å². The second-order valence-corrected chi connectivity index (χ2v) is 5.97. The summed E-state index contributed by atoms with van der Waals surface area (Å²) in [5.41, 5.74) is 1.18. The molecule has 1 aromatic heterocycles. The zero-order valence-corrected chi connectivity index (χ0v) is 11.9. The van der Waals surface area contributed by atoms with Gasteiger partial charge < -0.3 is 9.64 Å². The van der Waals surface area contributed by atoms with Gasteiger partial charge in [-0.3, -0.25) is 9.89 Å². The second-order valence-electron chi connectivity index (χ2n) is 5.97. The van der Waals surface area contributed by atoms with E-state index < -0.39 is 0 Å². The standard InChI is InChI=1S/C15H23N3O2/c19-15(13-4-8-20-9-5-13)18-7-1-2-12(11-18)10-14-3-6-16-17-14/h3,6,12-13H,1-2,4-5,7-11H2,(H,16,17)/t12-/m1/s1. The van der Waals surface area contributed by atoms with Crippen molar-refractivity contribution in [2.75, 3.05) is 26.3 Å². The average Bonchev–Trinajstić information content (AvgIpc) is 3.01. The van der Waals surface area contributed by atoms with Crippen LogP contribution in [0.5, 0.6) is 0 Å². The van der Waals surface area contributed by atoms with Crippen LogP contribution in [0.25, 0.3) is 0 Å². The number of H-pyrrole nitrogens is 1. The molecule has 2 fully saturated rings. The molecule has 1 aromatic rings. The van der Waals surface area contributed by atoms with Crippen LogP contribution in [-0.4, -0.2) is 47.3 Å². The van der Waals surface area contributed by atoms with Crippen molar-refractivity contribution < 1.29 is 9.53 Å². The topological polar surface area (TPSA) is 58.2 Å². The van der Waals surface area contributed by atoms with Crippen molar-refractivity contribution in [1.82, 2.24) is 15.1 Å². The van der Waals surface area contributed by atoms with Crippen molar-refractivity contribution in [3.8, 4) is 0 Å². The van der Waals surface area contributed by atoms with E-state index in [9.17, 15) is 4.79 Å². The number of aromatic amines is 1. The van der Waals surface area contributed by atoms with E-state index in [0.29, 0.717) is 11.8 Å². The third-order valence-electron chi connectivity index (χ3n) is 4.47. The molecular weight excluding hydrogens is 254 g/mol. The summed E-state index contributed by atoms with van der Waals surface area (Å²) in [4.78, 5) is 14.6. The lowest BCUT2D eigenvalue weighted by Crippen LogP contribution is -2.44. The summed E-state index contributed by atoms with van der Waals surface area (Å²) in [7, 11) is 0. The molecule has 5 heteroatoms. The maximum atomic E-state index is 12.6. The lowest BCUT2D eigenvalue weighted by atomic mass is 9.91. The highest BCUT2D eigenvalue weighted by Crippen LogP contribution is 2.24. The fourth-order valence-electron chi connectivity index (χ4n) is 3.34. The molecule has 20 heavy (non-hydrogen) atoms. The smallest absolute Gasteiger partial charge is 0.225 e. The molecular formula is C15H23N3O2. The minimum absolute atomic E-state index is 0.189. The number of hydrogen-bond donors (Lipinski definition) is 1. The highest BCUT2D eigenvalue weighted by Gasteiger charge is 2.30. The van der Waals surface area contributed by atoms with Gasteiger partial charge in [-0.15, -0.1) is 0 Å². The minimum atomic E-state index is 0.189. The number of nitrogens with zero attached hydrogens (tertiary/aromatic N) is 2. The Morgan fingerprint density at radius 1 is 1.40 bits per heavy atom. The van der Waals surface area contributed by atoms with Crippen LogP contribution in [0.4, 0.5) is 0 Å². The van der Waals surface area contributed by atoms with Crippen molar-refractivity contribution in [3.63, 3.8) is 0 Å². The Morgan fingerprint density at radius 2 is 2.25 bits per heavy atom. The first-order chi connectivity index (χ1) is 9.83. The number of amides is 1. The molecule has 1 N–H and O–H groups in total. The van der Waals surface area contributed by atoms with Crippen LogP contribution in [0, 0.1) is 11.8 Å². The van der Waals surface area contributed by atoms with Crippen molar-refractivity contribution in [1.29, 1.82) is 0 Å². The lowest BCUT2D eigenvalue weighted by Gasteiger charge is -2.35. The summed E-state index contributed by atoms with van der Waals surface area (Å²) in [5, 5.41) is 7.02. The Hall–Kier alpha value is -1.36. The van der Waals surface area contributed by atoms with E-state index in [4.69, 9.17) is 4.74 Å². The third kappa shape index (κ3) is 3.20. The molecule has 0 spiro atoms. The molecule has 0 unspecified atom stereocenters. The molecule has 110 valence electrons. The van der Waals surface area contributed by atoms with Crippen LogP contribution in [-0.2, 0) is 16.0 Å². The molecule has 5 nitrogen and oxygen atoms in total. The first kappa shape index (κ1) is 13.6. The van der Waals surface area contributed by atoms with Crippen LogP contribution < -0.4 is 0 Å². The Kier molecular flexibility index (Phi) is 4.35. The minimum Gasteiger partial charge on any atom is -0.381 e. The molecule has 0 radical (unpaired) electrons. The number of ether oxygens (including phenoxy) is 1. The van der Waals surface area contributed by atoms with Gasteiger partial charge in [0.2, 0.25) is 5.91 Å². The molecule has 0 saturated carbocycles. The Morgan fingerprint density at radius 3 is 3.00 bits per heavy atom. The maximum absolute atomic E-state index is 12.6. The molecule has 1 amide bonds. The average molecular weight is 277 g/mol. The van der Waals surface area contributed by atoms with Crippen molar-refractivity contribution in [3.05, 3.63) is 18.0 Å². The van der Waals surface area contributed by atoms with Gasteiger partial charge in [-0.25, -0.2) is 0 Å². The summed E-state index contributed by atoms with van der Waals surface area (Å²) in [6.07, 6.45) is 6.89. The number of aromatic nitrogens is 2. The molecule has 2 aliphatic heterocycles. The third-order valence-corrected chi connectivity index (χ3v) is 4.47. The van der Waals surface area contributed by atoms with E-state index in [1.54, 1.807) is 6.20 Å². The molecule has 2 saturated heterocycles. The Labute approximate surface area is 119 Å². The van der Waals surface area contributed by atoms with Gasteiger partial charge in [0.25, 0.3) is 0 Å². The number of carbonyl (C=O) groups excluding carboxylic acids is 1. The molecule has 0 bridgehead atoms. The number of nitrogens with one attached hydrogen (secondary N) is 1. The molecule has 2 aliphatic rings. The highest BCUT2D eigenvalue weighted by molar-refractivity contribution is 5.79. The van der Waals surface area contributed by atoms with Crippen LogP contribution >= 0.6 is 0 Å². The summed E-state index contributed by atoms with van der Waals surface area (Å²) in [6.45, 7) is 3.30. The predicted molar refractivity (Wildman–Crippen MR) is 75.1 cm³/mol. The van der Waals surface area contributed by atoms with E-state index in [0.717, 1.165) is 52.0 Å². The number of likely N-dealkylation sites (tertiary alicyclic amines) is 1. The fraction of sp³-hybridized carbons (Fsp3) is 0.733. The van der Waals surface area contributed by atoms with Gasteiger partial charge in [-0.2, -0.15) is 5.10 Å². The van der Waals surface area contributed by atoms with Crippen LogP contribution in [0.3, 0.4) is 0 Å². The normalized spacial score (nSPS) is 24.8. The summed E-state index contributed by atoms with van der Waals surface area (Å²) >= 11 is 0. The van der Waals surface area contributed by atoms with Crippen LogP contribution in [0.1, 0.15) is 31.4 Å². The van der Waals surface area contributed by atoms with E-state index in [-0.39, 0.29) is 5.92 Å². The zero-order valence-electron chi connectivity index (χ0n) is 11.9. The van der Waals surface area contributed by atoms with Crippen molar-refractivity contribution in [2.24, 2.45) is 11.8 Å². The highest BCUT2D eigenvalue weighted by atomic mass is 16.5. The van der Waals surface area contributed by atoms with Gasteiger partial charge in [0.05, 0.1) is 0 Å². The second kappa shape index (κ2) is 6.39. The van der Waals surface area contributed by atoms with Crippen molar-refractivity contribution >= 4 is 5.91 Å².